The molecule has 3 heterocycles. The normalized spacial score (nSPS) is 24.0. The van der Waals surface area contributed by atoms with Crippen molar-refractivity contribution in [2.45, 2.75) is 44.2 Å². The highest BCUT2D eigenvalue weighted by molar-refractivity contribution is 5.92. The van der Waals surface area contributed by atoms with Crippen LogP contribution in [0.2, 0.25) is 0 Å². The molecule has 5 rings (SSSR count). The third-order valence-corrected chi connectivity index (χ3v) is 6.64. The maximum Gasteiger partial charge on any atom is 0.193 e. The van der Waals surface area contributed by atoms with Gasteiger partial charge >= 0.3 is 0 Å². The highest BCUT2D eigenvalue weighted by atomic mass is 19.1. The highest BCUT2D eigenvalue weighted by Crippen LogP contribution is 2.45. The Morgan fingerprint density at radius 1 is 1.31 bits per heavy atom. The van der Waals surface area contributed by atoms with Gasteiger partial charge in [-0.05, 0) is 44.2 Å². The fourth-order valence-electron chi connectivity index (χ4n) is 5.09. The lowest BCUT2D eigenvalue weighted by atomic mass is 9.94. The summed E-state index contributed by atoms with van der Waals surface area (Å²) in [5.41, 5.74) is 1.22. The van der Waals surface area contributed by atoms with Crippen LogP contribution in [0.1, 0.15) is 37.3 Å². The van der Waals surface area contributed by atoms with Gasteiger partial charge in [-0.3, -0.25) is 4.79 Å². The molecule has 1 saturated carbocycles. The number of methoxy groups -OCH3 is 1. The van der Waals surface area contributed by atoms with E-state index in [1.165, 1.54) is 6.07 Å². The molecule has 2 atom stereocenters. The SMILES string of the molecule is COc1c(N2CC3CCCNC3C2)c(F)cc2c(=O)c(CC=O)cn(C3CC3)c12. The number of piperidine rings is 1. The Balaban J connectivity index is 1.71. The van der Waals surface area contributed by atoms with Gasteiger partial charge in [-0.25, -0.2) is 4.39 Å². The first kappa shape index (κ1) is 18.6. The smallest absolute Gasteiger partial charge is 0.193 e. The molecule has 154 valence electrons. The van der Waals surface area contributed by atoms with Crippen LogP contribution in [0, 0.1) is 11.7 Å². The summed E-state index contributed by atoms with van der Waals surface area (Å²) in [6, 6.07) is 1.97. The Bertz CT molecular complexity index is 1020. The molecule has 0 amide bonds. The predicted molar refractivity (Wildman–Crippen MR) is 109 cm³/mol. The van der Waals surface area contributed by atoms with E-state index in [9.17, 15) is 9.59 Å². The van der Waals surface area contributed by atoms with Crippen molar-refractivity contribution in [2.75, 3.05) is 31.6 Å². The van der Waals surface area contributed by atoms with Gasteiger partial charge < -0.3 is 24.3 Å². The van der Waals surface area contributed by atoms with E-state index in [2.05, 4.69) is 10.2 Å². The van der Waals surface area contributed by atoms with Crippen molar-refractivity contribution in [3.63, 3.8) is 0 Å². The van der Waals surface area contributed by atoms with Crippen molar-refractivity contribution in [2.24, 2.45) is 5.92 Å². The van der Waals surface area contributed by atoms with Gasteiger partial charge in [0, 0.05) is 43.4 Å². The molecule has 3 fully saturated rings. The number of fused-ring (bicyclic) bond motifs is 2. The largest absolute Gasteiger partial charge is 0.492 e. The average Bonchev–Trinajstić information content (AvgIpc) is 3.47. The number of aromatic nitrogens is 1. The molecule has 3 aliphatic rings. The fraction of sp³-hybridized carbons (Fsp3) is 0.545. The number of benzene rings is 1. The summed E-state index contributed by atoms with van der Waals surface area (Å²) in [4.78, 5) is 26.1. The third-order valence-electron chi connectivity index (χ3n) is 6.64. The van der Waals surface area contributed by atoms with E-state index in [0.717, 1.165) is 51.6 Å². The maximum absolute atomic E-state index is 15.4. The standard InChI is InChI=1S/C22H26FN3O3/c1-29-22-19-16(21(28)14(6-8-27)11-26(19)15-4-5-15)9-17(23)20(22)25-10-13-3-2-7-24-18(13)12-25/h8-9,11,13,15,18,24H,2-7,10,12H2,1H3. The summed E-state index contributed by atoms with van der Waals surface area (Å²) >= 11 is 0. The molecule has 6 nitrogen and oxygen atoms in total. The third kappa shape index (κ3) is 3.03. The Hall–Kier alpha value is -2.41. The molecule has 1 aliphatic carbocycles. The topological polar surface area (TPSA) is 63.6 Å². The second kappa shape index (κ2) is 7.13. The quantitative estimate of drug-likeness (QED) is 0.783. The van der Waals surface area contributed by atoms with Crippen molar-refractivity contribution < 1.29 is 13.9 Å². The molecule has 7 heteroatoms. The van der Waals surface area contributed by atoms with Crippen molar-refractivity contribution >= 4 is 22.9 Å². The van der Waals surface area contributed by atoms with Crippen molar-refractivity contribution in [3.8, 4) is 5.75 Å². The van der Waals surface area contributed by atoms with Crippen LogP contribution in [0.4, 0.5) is 10.1 Å². The van der Waals surface area contributed by atoms with Gasteiger partial charge in [0.2, 0.25) is 0 Å². The molecule has 29 heavy (non-hydrogen) atoms. The predicted octanol–water partition coefficient (Wildman–Crippen LogP) is 2.41. The molecule has 0 spiro atoms. The Labute approximate surface area is 168 Å². The van der Waals surface area contributed by atoms with Gasteiger partial charge in [-0.1, -0.05) is 0 Å². The van der Waals surface area contributed by atoms with Crippen LogP contribution in [0.15, 0.2) is 17.1 Å². The molecule has 2 aromatic rings. The molecular formula is C22H26FN3O3. The van der Waals surface area contributed by atoms with Crippen LogP contribution in [0.3, 0.4) is 0 Å². The van der Waals surface area contributed by atoms with E-state index in [1.54, 1.807) is 13.3 Å². The van der Waals surface area contributed by atoms with E-state index in [1.807, 2.05) is 4.57 Å². The van der Waals surface area contributed by atoms with Crippen LogP contribution < -0.4 is 20.4 Å². The minimum absolute atomic E-state index is 0.0360. The van der Waals surface area contributed by atoms with Crippen molar-refractivity contribution in [3.05, 3.63) is 33.9 Å². The van der Waals surface area contributed by atoms with E-state index in [4.69, 9.17) is 4.74 Å². The zero-order valence-corrected chi connectivity index (χ0v) is 16.6. The minimum Gasteiger partial charge on any atom is -0.492 e. The summed E-state index contributed by atoms with van der Waals surface area (Å²) < 4.78 is 23.2. The van der Waals surface area contributed by atoms with Gasteiger partial charge in [-0.2, -0.15) is 0 Å². The molecule has 1 aromatic carbocycles. The zero-order valence-electron chi connectivity index (χ0n) is 16.6. The van der Waals surface area contributed by atoms with E-state index in [-0.39, 0.29) is 17.9 Å². The number of carbonyl (C=O) groups is 1. The number of anilines is 1. The summed E-state index contributed by atoms with van der Waals surface area (Å²) in [5, 5.41) is 3.85. The van der Waals surface area contributed by atoms with Crippen LogP contribution in [-0.2, 0) is 11.2 Å². The lowest BCUT2D eigenvalue weighted by molar-refractivity contribution is -0.107. The molecule has 0 radical (unpaired) electrons. The Kier molecular flexibility index (Phi) is 4.57. The monoisotopic (exact) mass is 399 g/mol. The molecule has 0 bridgehead atoms. The number of rotatable bonds is 5. The van der Waals surface area contributed by atoms with Crippen molar-refractivity contribution in [1.29, 1.82) is 0 Å². The first-order valence-corrected chi connectivity index (χ1v) is 10.5. The molecule has 1 N–H and O–H groups in total. The van der Waals surface area contributed by atoms with Gasteiger partial charge in [0.15, 0.2) is 17.0 Å². The van der Waals surface area contributed by atoms with Crippen LogP contribution in [0.25, 0.3) is 10.9 Å². The van der Waals surface area contributed by atoms with E-state index >= 15 is 4.39 Å². The van der Waals surface area contributed by atoms with Crippen LogP contribution >= 0.6 is 0 Å². The summed E-state index contributed by atoms with van der Waals surface area (Å²) in [6.45, 7) is 2.53. The number of ether oxygens (including phenoxy) is 1. The molecular weight excluding hydrogens is 373 g/mol. The second-order valence-corrected chi connectivity index (χ2v) is 8.50. The average molecular weight is 399 g/mol. The van der Waals surface area contributed by atoms with Gasteiger partial charge in [0.25, 0.3) is 0 Å². The first-order valence-electron chi connectivity index (χ1n) is 10.5. The van der Waals surface area contributed by atoms with E-state index in [0.29, 0.717) is 39.9 Å². The zero-order chi connectivity index (χ0) is 20.1. The number of aldehydes is 1. The first-order chi connectivity index (χ1) is 14.1. The fourth-order valence-corrected chi connectivity index (χ4v) is 5.09. The number of carbonyl (C=O) groups excluding carboxylic acids is 1. The van der Waals surface area contributed by atoms with Crippen LogP contribution in [0.5, 0.6) is 5.75 Å². The summed E-state index contributed by atoms with van der Waals surface area (Å²) in [7, 11) is 1.54. The lowest BCUT2D eigenvalue weighted by Gasteiger charge is -2.25. The Morgan fingerprint density at radius 3 is 2.83 bits per heavy atom. The number of pyridine rings is 1. The van der Waals surface area contributed by atoms with Gasteiger partial charge in [0.1, 0.15) is 12.0 Å². The summed E-state index contributed by atoms with van der Waals surface area (Å²) in [5.74, 6) is 0.500. The van der Waals surface area contributed by atoms with Crippen molar-refractivity contribution in [1.82, 2.24) is 9.88 Å². The van der Waals surface area contributed by atoms with Crippen LogP contribution in [-0.4, -0.2) is 43.6 Å². The number of nitrogens with one attached hydrogen (secondary N) is 1. The molecule has 2 unspecified atom stereocenters. The number of hydrogen-bond acceptors (Lipinski definition) is 5. The highest BCUT2D eigenvalue weighted by Gasteiger charge is 2.38. The second-order valence-electron chi connectivity index (χ2n) is 8.50. The molecule has 2 saturated heterocycles. The number of halogens is 1. The number of nitrogens with zero attached hydrogens (tertiary/aromatic N) is 2. The molecule has 1 aromatic heterocycles. The minimum atomic E-state index is -0.435. The Morgan fingerprint density at radius 2 is 2.14 bits per heavy atom. The van der Waals surface area contributed by atoms with E-state index < -0.39 is 5.82 Å². The molecule has 2 aliphatic heterocycles. The lowest BCUT2D eigenvalue weighted by Crippen LogP contribution is -2.40. The summed E-state index contributed by atoms with van der Waals surface area (Å²) in [6.07, 6.45) is 6.83. The van der Waals surface area contributed by atoms with Gasteiger partial charge in [-0.15, -0.1) is 0 Å². The number of hydrogen-bond donors (Lipinski definition) is 1. The maximum atomic E-state index is 15.4. The van der Waals surface area contributed by atoms with Gasteiger partial charge in [0.05, 0.1) is 18.0 Å².